The number of sulfonamides is 1. The number of carbonyl (C=O) groups excluding carboxylic acids is 1. The van der Waals surface area contributed by atoms with Crippen molar-refractivity contribution >= 4 is 15.9 Å². The smallest absolute Gasteiger partial charge is 0.253 e. The molecule has 156 valence electrons. The van der Waals surface area contributed by atoms with Gasteiger partial charge in [-0.05, 0) is 30.5 Å². The van der Waals surface area contributed by atoms with Crippen molar-refractivity contribution in [3.8, 4) is 0 Å². The summed E-state index contributed by atoms with van der Waals surface area (Å²) < 4.78 is 26.9. The van der Waals surface area contributed by atoms with Crippen LogP contribution in [0.2, 0.25) is 0 Å². The summed E-state index contributed by atoms with van der Waals surface area (Å²) in [7, 11) is -3.37. The highest BCUT2D eigenvalue weighted by Crippen LogP contribution is 2.10. The van der Waals surface area contributed by atoms with Gasteiger partial charge in [-0.2, -0.15) is 4.31 Å². The lowest BCUT2D eigenvalue weighted by Crippen LogP contribution is -2.48. The molecule has 7 heteroatoms. The van der Waals surface area contributed by atoms with Crippen LogP contribution in [-0.4, -0.2) is 68.6 Å². The monoisotopic (exact) mass is 415 g/mol. The Morgan fingerprint density at radius 1 is 0.931 bits per heavy atom. The molecule has 0 saturated carbocycles. The summed E-state index contributed by atoms with van der Waals surface area (Å²) in [5, 5.41) is 3.16. The number of hydrogen-bond acceptors (Lipinski definition) is 4. The van der Waals surface area contributed by atoms with Crippen molar-refractivity contribution in [1.29, 1.82) is 0 Å². The molecule has 29 heavy (non-hydrogen) atoms. The Bertz CT molecular complexity index is 867. The number of aryl methyl sites for hydroxylation is 1. The molecular formula is C22H29N3O3S. The minimum absolute atomic E-state index is 0.0447. The van der Waals surface area contributed by atoms with Crippen molar-refractivity contribution in [2.75, 3.05) is 45.0 Å². The summed E-state index contributed by atoms with van der Waals surface area (Å²) in [6.07, 6.45) is 1.64. The van der Waals surface area contributed by atoms with Gasteiger partial charge in [0.05, 0.1) is 5.75 Å². The molecule has 2 aromatic carbocycles. The molecule has 1 heterocycles. The Kier molecular flexibility index (Phi) is 7.80. The van der Waals surface area contributed by atoms with Gasteiger partial charge >= 0.3 is 0 Å². The van der Waals surface area contributed by atoms with Gasteiger partial charge in [-0.15, -0.1) is 0 Å². The van der Waals surface area contributed by atoms with E-state index in [0.29, 0.717) is 38.3 Å². The van der Waals surface area contributed by atoms with Gasteiger partial charge < -0.3 is 10.2 Å². The van der Waals surface area contributed by atoms with Crippen LogP contribution in [0.5, 0.6) is 0 Å². The van der Waals surface area contributed by atoms with E-state index in [4.69, 9.17) is 0 Å². The SMILES string of the molecule is O=C(c1ccccc1)N(CCCc1ccccc1)CCS(=O)(=O)N1CCNCC1. The number of amides is 1. The molecule has 1 aliphatic rings. The number of nitrogens with one attached hydrogen (secondary N) is 1. The standard InChI is InChI=1S/C22H29N3O3S/c26-22(21-11-5-2-6-12-21)24(15-7-10-20-8-3-1-4-9-20)18-19-29(27,28)25-16-13-23-14-17-25/h1-6,8-9,11-12,23H,7,10,13-19H2. The molecule has 1 N–H and O–H groups in total. The first kappa shape index (κ1) is 21.5. The summed E-state index contributed by atoms with van der Waals surface area (Å²) in [6.45, 7) is 3.05. The third-order valence-corrected chi connectivity index (χ3v) is 6.98. The summed E-state index contributed by atoms with van der Waals surface area (Å²) in [4.78, 5) is 14.7. The van der Waals surface area contributed by atoms with Crippen molar-refractivity contribution in [3.63, 3.8) is 0 Å². The second-order valence-corrected chi connectivity index (χ2v) is 9.30. The number of carbonyl (C=O) groups is 1. The van der Waals surface area contributed by atoms with Crippen molar-refractivity contribution in [1.82, 2.24) is 14.5 Å². The molecule has 2 aromatic rings. The predicted octanol–water partition coefficient (Wildman–Crippen LogP) is 2.00. The van der Waals surface area contributed by atoms with Crippen LogP contribution in [0.3, 0.4) is 0 Å². The van der Waals surface area contributed by atoms with E-state index in [0.717, 1.165) is 12.8 Å². The van der Waals surface area contributed by atoms with Crippen molar-refractivity contribution in [2.45, 2.75) is 12.8 Å². The van der Waals surface area contributed by atoms with Crippen molar-refractivity contribution in [2.24, 2.45) is 0 Å². The van der Waals surface area contributed by atoms with E-state index in [1.54, 1.807) is 17.0 Å². The molecule has 0 spiro atoms. The fourth-order valence-corrected chi connectivity index (χ4v) is 4.92. The third kappa shape index (κ3) is 6.39. The molecule has 6 nitrogen and oxygen atoms in total. The maximum Gasteiger partial charge on any atom is 0.253 e. The second kappa shape index (κ2) is 10.5. The molecule has 0 bridgehead atoms. The molecule has 3 rings (SSSR count). The largest absolute Gasteiger partial charge is 0.338 e. The van der Waals surface area contributed by atoms with Crippen molar-refractivity contribution in [3.05, 3.63) is 71.8 Å². The van der Waals surface area contributed by atoms with Crippen LogP contribution in [0.25, 0.3) is 0 Å². The molecule has 0 aliphatic carbocycles. The van der Waals surface area contributed by atoms with E-state index in [-0.39, 0.29) is 18.2 Å². The molecule has 0 atom stereocenters. The number of nitrogens with zero attached hydrogens (tertiary/aromatic N) is 2. The highest BCUT2D eigenvalue weighted by Gasteiger charge is 2.25. The zero-order valence-electron chi connectivity index (χ0n) is 16.7. The van der Waals surface area contributed by atoms with E-state index >= 15 is 0 Å². The fourth-order valence-electron chi connectivity index (χ4n) is 3.47. The Labute approximate surface area is 173 Å². The quantitative estimate of drug-likeness (QED) is 0.680. The molecule has 0 unspecified atom stereocenters. The summed E-state index contributed by atoms with van der Waals surface area (Å²) in [6, 6.07) is 19.2. The Morgan fingerprint density at radius 2 is 1.55 bits per heavy atom. The minimum atomic E-state index is -3.37. The number of benzene rings is 2. The predicted molar refractivity (Wildman–Crippen MR) is 115 cm³/mol. The fraction of sp³-hybridized carbons (Fsp3) is 0.409. The molecular weight excluding hydrogens is 386 g/mol. The van der Waals surface area contributed by atoms with Crippen LogP contribution < -0.4 is 5.32 Å². The highest BCUT2D eigenvalue weighted by molar-refractivity contribution is 7.89. The lowest BCUT2D eigenvalue weighted by molar-refractivity contribution is 0.0763. The van der Waals surface area contributed by atoms with Gasteiger partial charge in [-0.1, -0.05) is 48.5 Å². The van der Waals surface area contributed by atoms with E-state index < -0.39 is 10.0 Å². The van der Waals surface area contributed by atoms with Crippen LogP contribution in [-0.2, 0) is 16.4 Å². The Morgan fingerprint density at radius 3 is 2.21 bits per heavy atom. The topological polar surface area (TPSA) is 69.7 Å². The molecule has 1 saturated heterocycles. The maximum absolute atomic E-state index is 13.0. The second-order valence-electron chi connectivity index (χ2n) is 7.21. The van der Waals surface area contributed by atoms with E-state index in [2.05, 4.69) is 17.4 Å². The van der Waals surface area contributed by atoms with Gasteiger partial charge in [0.1, 0.15) is 0 Å². The Balaban J connectivity index is 1.64. The first-order chi connectivity index (χ1) is 14.1. The van der Waals surface area contributed by atoms with Gasteiger partial charge in [0.2, 0.25) is 10.0 Å². The first-order valence-electron chi connectivity index (χ1n) is 10.1. The lowest BCUT2D eigenvalue weighted by Gasteiger charge is -2.28. The van der Waals surface area contributed by atoms with Crippen LogP contribution >= 0.6 is 0 Å². The van der Waals surface area contributed by atoms with Gasteiger partial charge in [0.25, 0.3) is 5.91 Å². The Hall–Kier alpha value is -2.22. The normalized spacial score (nSPS) is 15.2. The van der Waals surface area contributed by atoms with Crippen LogP contribution in [0.4, 0.5) is 0 Å². The maximum atomic E-state index is 13.0. The van der Waals surface area contributed by atoms with Crippen LogP contribution in [0.15, 0.2) is 60.7 Å². The zero-order chi connectivity index (χ0) is 20.5. The molecule has 1 amide bonds. The van der Waals surface area contributed by atoms with Crippen LogP contribution in [0.1, 0.15) is 22.3 Å². The van der Waals surface area contributed by atoms with Crippen molar-refractivity contribution < 1.29 is 13.2 Å². The lowest BCUT2D eigenvalue weighted by atomic mass is 10.1. The van der Waals surface area contributed by atoms with E-state index in [1.807, 2.05) is 36.4 Å². The molecule has 1 fully saturated rings. The number of rotatable bonds is 9. The van der Waals surface area contributed by atoms with Gasteiger partial charge in [-0.25, -0.2) is 8.42 Å². The average molecular weight is 416 g/mol. The van der Waals surface area contributed by atoms with Crippen LogP contribution in [0, 0.1) is 0 Å². The zero-order valence-corrected chi connectivity index (χ0v) is 17.5. The van der Waals surface area contributed by atoms with Gasteiger partial charge in [0, 0.05) is 44.8 Å². The van der Waals surface area contributed by atoms with Gasteiger partial charge in [-0.3, -0.25) is 4.79 Å². The number of hydrogen-bond donors (Lipinski definition) is 1. The third-order valence-electron chi connectivity index (χ3n) is 5.13. The van der Waals surface area contributed by atoms with E-state index in [1.165, 1.54) is 9.87 Å². The summed E-state index contributed by atoms with van der Waals surface area (Å²) in [5.41, 5.74) is 1.81. The summed E-state index contributed by atoms with van der Waals surface area (Å²) in [5.74, 6) is -0.161. The summed E-state index contributed by atoms with van der Waals surface area (Å²) >= 11 is 0. The minimum Gasteiger partial charge on any atom is -0.338 e. The first-order valence-corrected chi connectivity index (χ1v) is 11.7. The highest BCUT2D eigenvalue weighted by atomic mass is 32.2. The van der Waals surface area contributed by atoms with Gasteiger partial charge in [0.15, 0.2) is 0 Å². The molecule has 0 radical (unpaired) electrons. The average Bonchev–Trinajstić information content (AvgIpc) is 2.77. The molecule has 1 aliphatic heterocycles. The number of piperazine rings is 1. The molecule has 0 aromatic heterocycles. The van der Waals surface area contributed by atoms with E-state index in [9.17, 15) is 13.2 Å².